The number of carbonyl (C=O) groups excluding carboxylic acids is 1. The minimum atomic E-state index is -0.174. The van der Waals surface area contributed by atoms with Crippen molar-refractivity contribution in [2.24, 2.45) is 0 Å². The molecule has 1 aliphatic rings. The van der Waals surface area contributed by atoms with Gasteiger partial charge in [0.15, 0.2) is 0 Å². The van der Waals surface area contributed by atoms with Crippen molar-refractivity contribution >= 4 is 17.5 Å². The second kappa shape index (κ2) is 7.53. The Morgan fingerprint density at radius 2 is 2.00 bits per heavy atom. The molecule has 138 valence electrons. The van der Waals surface area contributed by atoms with Crippen LogP contribution in [-0.4, -0.2) is 27.5 Å². The summed E-state index contributed by atoms with van der Waals surface area (Å²) in [5, 5.41) is 4.72. The molecule has 6 heteroatoms. The van der Waals surface area contributed by atoms with Crippen LogP contribution in [0.15, 0.2) is 53.1 Å². The van der Waals surface area contributed by atoms with E-state index in [4.69, 9.17) is 16.1 Å². The van der Waals surface area contributed by atoms with Crippen LogP contribution in [0.4, 0.5) is 0 Å². The zero-order chi connectivity index (χ0) is 18.8. The first-order valence-corrected chi connectivity index (χ1v) is 9.43. The molecule has 1 aromatic heterocycles. The number of amides is 1. The number of carbonyl (C=O) groups is 1. The molecule has 0 bridgehead atoms. The Morgan fingerprint density at radius 3 is 2.78 bits per heavy atom. The third-order valence-electron chi connectivity index (χ3n) is 4.91. The number of halogens is 1. The first kappa shape index (κ1) is 17.7. The number of nitrogens with zero attached hydrogens (tertiary/aromatic N) is 3. The summed E-state index contributed by atoms with van der Waals surface area (Å²) in [6, 6.07) is 15.2. The minimum absolute atomic E-state index is 0.0284. The van der Waals surface area contributed by atoms with Gasteiger partial charge in [-0.05, 0) is 31.4 Å². The maximum atomic E-state index is 12.8. The van der Waals surface area contributed by atoms with Crippen molar-refractivity contribution in [1.82, 2.24) is 15.0 Å². The highest BCUT2D eigenvalue weighted by atomic mass is 35.5. The fourth-order valence-electron chi connectivity index (χ4n) is 3.42. The summed E-state index contributed by atoms with van der Waals surface area (Å²) in [7, 11) is 0. The Hall–Kier alpha value is -2.66. The van der Waals surface area contributed by atoms with E-state index < -0.39 is 0 Å². The molecule has 5 nitrogen and oxygen atoms in total. The van der Waals surface area contributed by atoms with E-state index in [1.54, 1.807) is 6.07 Å². The molecule has 0 radical (unpaired) electrons. The van der Waals surface area contributed by atoms with E-state index in [-0.39, 0.29) is 18.4 Å². The summed E-state index contributed by atoms with van der Waals surface area (Å²) in [4.78, 5) is 19.2. The van der Waals surface area contributed by atoms with Gasteiger partial charge < -0.3 is 9.42 Å². The van der Waals surface area contributed by atoms with Gasteiger partial charge in [-0.2, -0.15) is 4.98 Å². The first-order valence-electron chi connectivity index (χ1n) is 9.05. The van der Waals surface area contributed by atoms with Crippen LogP contribution in [0.1, 0.15) is 35.9 Å². The molecule has 2 heterocycles. The summed E-state index contributed by atoms with van der Waals surface area (Å²) in [6.45, 7) is 2.72. The Labute approximate surface area is 163 Å². The molecule has 2 aromatic carbocycles. The van der Waals surface area contributed by atoms with E-state index in [9.17, 15) is 4.79 Å². The predicted octanol–water partition coefficient (Wildman–Crippen LogP) is 4.60. The molecule has 0 spiro atoms. The zero-order valence-corrected chi connectivity index (χ0v) is 15.8. The first-order chi connectivity index (χ1) is 13.1. The van der Waals surface area contributed by atoms with Gasteiger partial charge in [-0.1, -0.05) is 64.8 Å². The predicted molar refractivity (Wildman–Crippen MR) is 103 cm³/mol. The Balaban J connectivity index is 1.52. The van der Waals surface area contributed by atoms with Gasteiger partial charge in [-0.3, -0.25) is 4.79 Å². The third-order valence-corrected chi connectivity index (χ3v) is 5.28. The molecule has 0 saturated carbocycles. The standard InChI is InChI=1S/C21H20ClN3O2/c1-14-8-10-15(11-9-14)20-23-21(27-24-20)18-7-4-12-25(18)19(26)13-16-5-2-3-6-17(16)22/h2-3,5-6,8-11,18H,4,7,12-13H2,1H3/t18-/m0/s1. The smallest absolute Gasteiger partial charge is 0.249 e. The molecular weight excluding hydrogens is 362 g/mol. The molecule has 1 fully saturated rings. The van der Waals surface area contributed by atoms with Crippen LogP contribution in [0.25, 0.3) is 11.4 Å². The van der Waals surface area contributed by atoms with E-state index in [1.165, 1.54) is 5.56 Å². The lowest BCUT2D eigenvalue weighted by Crippen LogP contribution is -2.32. The SMILES string of the molecule is Cc1ccc(-c2noc([C@@H]3CCCN3C(=O)Cc3ccccc3Cl)n2)cc1. The number of aryl methyl sites for hydroxylation is 1. The topological polar surface area (TPSA) is 59.2 Å². The molecular formula is C21H20ClN3O2. The van der Waals surface area contributed by atoms with Crippen molar-refractivity contribution in [1.29, 1.82) is 0 Å². The number of hydrogen-bond donors (Lipinski definition) is 0. The average molecular weight is 382 g/mol. The van der Waals surface area contributed by atoms with E-state index in [0.29, 0.717) is 23.3 Å². The molecule has 1 amide bonds. The number of rotatable bonds is 4. The van der Waals surface area contributed by atoms with Crippen LogP contribution in [-0.2, 0) is 11.2 Å². The second-order valence-corrected chi connectivity index (χ2v) is 7.24. The summed E-state index contributed by atoms with van der Waals surface area (Å²) in [5.41, 5.74) is 2.91. The molecule has 1 saturated heterocycles. The summed E-state index contributed by atoms with van der Waals surface area (Å²) >= 11 is 6.20. The van der Waals surface area contributed by atoms with Crippen LogP contribution in [0, 0.1) is 6.92 Å². The summed E-state index contributed by atoms with van der Waals surface area (Å²) < 4.78 is 5.51. The maximum absolute atomic E-state index is 12.8. The largest absolute Gasteiger partial charge is 0.337 e. The van der Waals surface area contributed by atoms with Crippen molar-refractivity contribution in [3.63, 3.8) is 0 Å². The highest BCUT2D eigenvalue weighted by Crippen LogP contribution is 2.33. The lowest BCUT2D eigenvalue weighted by molar-refractivity contribution is -0.131. The van der Waals surface area contributed by atoms with Gasteiger partial charge in [-0.25, -0.2) is 0 Å². The van der Waals surface area contributed by atoms with Crippen molar-refractivity contribution in [2.75, 3.05) is 6.54 Å². The van der Waals surface area contributed by atoms with E-state index >= 15 is 0 Å². The van der Waals surface area contributed by atoms with Gasteiger partial charge in [0, 0.05) is 17.1 Å². The van der Waals surface area contributed by atoms with E-state index in [0.717, 1.165) is 24.0 Å². The monoisotopic (exact) mass is 381 g/mol. The number of aromatic nitrogens is 2. The maximum Gasteiger partial charge on any atom is 0.249 e. The molecule has 4 rings (SSSR count). The van der Waals surface area contributed by atoms with Crippen molar-refractivity contribution in [3.8, 4) is 11.4 Å². The number of likely N-dealkylation sites (tertiary alicyclic amines) is 1. The fourth-order valence-corrected chi connectivity index (χ4v) is 3.62. The highest BCUT2D eigenvalue weighted by Gasteiger charge is 2.34. The van der Waals surface area contributed by atoms with E-state index in [2.05, 4.69) is 10.1 Å². The fraction of sp³-hybridized carbons (Fsp3) is 0.286. The van der Waals surface area contributed by atoms with Crippen molar-refractivity contribution in [3.05, 3.63) is 70.6 Å². The van der Waals surface area contributed by atoms with Crippen LogP contribution in [0.3, 0.4) is 0 Å². The second-order valence-electron chi connectivity index (χ2n) is 6.84. The number of benzene rings is 2. The van der Waals surface area contributed by atoms with Crippen LogP contribution in [0.5, 0.6) is 0 Å². The van der Waals surface area contributed by atoms with Gasteiger partial charge >= 0.3 is 0 Å². The van der Waals surface area contributed by atoms with Crippen LogP contribution >= 0.6 is 11.6 Å². The molecule has 0 aliphatic carbocycles. The quantitative estimate of drug-likeness (QED) is 0.662. The highest BCUT2D eigenvalue weighted by molar-refractivity contribution is 6.31. The number of hydrogen-bond acceptors (Lipinski definition) is 4. The van der Waals surface area contributed by atoms with Gasteiger partial charge in [0.05, 0.1) is 6.42 Å². The normalized spacial score (nSPS) is 16.7. The van der Waals surface area contributed by atoms with Gasteiger partial charge in [0.25, 0.3) is 0 Å². The van der Waals surface area contributed by atoms with Gasteiger partial charge in [0.2, 0.25) is 17.6 Å². The van der Waals surface area contributed by atoms with Crippen LogP contribution < -0.4 is 0 Å². The Bertz CT molecular complexity index is 952. The van der Waals surface area contributed by atoms with Crippen LogP contribution in [0.2, 0.25) is 5.02 Å². The van der Waals surface area contributed by atoms with E-state index in [1.807, 2.05) is 54.3 Å². The lowest BCUT2D eigenvalue weighted by atomic mass is 10.1. The zero-order valence-electron chi connectivity index (χ0n) is 15.1. The van der Waals surface area contributed by atoms with Gasteiger partial charge in [-0.15, -0.1) is 0 Å². The average Bonchev–Trinajstić information content (AvgIpc) is 3.33. The Kier molecular flexibility index (Phi) is 4.94. The molecule has 27 heavy (non-hydrogen) atoms. The third kappa shape index (κ3) is 3.74. The van der Waals surface area contributed by atoms with Gasteiger partial charge in [0.1, 0.15) is 6.04 Å². The van der Waals surface area contributed by atoms with Crippen molar-refractivity contribution in [2.45, 2.75) is 32.2 Å². The lowest BCUT2D eigenvalue weighted by Gasteiger charge is -2.22. The molecule has 1 atom stereocenters. The molecule has 1 aliphatic heterocycles. The summed E-state index contributed by atoms with van der Waals surface area (Å²) in [6.07, 6.45) is 2.01. The summed E-state index contributed by atoms with van der Waals surface area (Å²) in [5.74, 6) is 1.08. The minimum Gasteiger partial charge on any atom is -0.337 e. The molecule has 0 unspecified atom stereocenters. The Morgan fingerprint density at radius 1 is 1.22 bits per heavy atom. The van der Waals surface area contributed by atoms with Crippen molar-refractivity contribution < 1.29 is 9.32 Å². The molecule has 3 aromatic rings. The molecule has 0 N–H and O–H groups in total.